The first kappa shape index (κ1) is 13.7. The van der Waals surface area contributed by atoms with Crippen LogP contribution in [0.4, 0.5) is 0 Å². The summed E-state index contributed by atoms with van der Waals surface area (Å²) in [6, 6.07) is 9.22. The van der Waals surface area contributed by atoms with E-state index in [0.717, 1.165) is 5.56 Å². The maximum absolute atomic E-state index is 11.6. The van der Waals surface area contributed by atoms with Crippen LogP contribution in [-0.2, 0) is 9.63 Å². The SMILES string of the molecule is CC(C)(C)ONC(=O)CC(N)c1ccccc1. The third-order valence-corrected chi connectivity index (χ3v) is 2.10. The molecule has 1 amide bonds. The molecule has 1 aromatic rings. The van der Waals surface area contributed by atoms with Gasteiger partial charge in [-0.25, -0.2) is 5.48 Å². The van der Waals surface area contributed by atoms with Gasteiger partial charge >= 0.3 is 0 Å². The largest absolute Gasteiger partial charge is 0.324 e. The van der Waals surface area contributed by atoms with Crippen molar-refractivity contribution < 1.29 is 9.63 Å². The van der Waals surface area contributed by atoms with Gasteiger partial charge in [-0.1, -0.05) is 30.3 Å². The van der Waals surface area contributed by atoms with Crippen LogP contribution < -0.4 is 11.2 Å². The number of nitrogens with two attached hydrogens (primary N) is 1. The van der Waals surface area contributed by atoms with Crippen molar-refractivity contribution in [3.05, 3.63) is 35.9 Å². The van der Waals surface area contributed by atoms with E-state index < -0.39 is 5.60 Å². The van der Waals surface area contributed by atoms with Gasteiger partial charge in [0, 0.05) is 12.5 Å². The average molecular weight is 236 g/mol. The Balaban J connectivity index is 2.42. The van der Waals surface area contributed by atoms with Crippen molar-refractivity contribution in [1.82, 2.24) is 5.48 Å². The molecule has 4 heteroatoms. The number of hydroxylamine groups is 1. The third-order valence-electron chi connectivity index (χ3n) is 2.10. The maximum Gasteiger partial charge on any atom is 0.245 e. The molecule has 0 radical (unpaired) electrons. The molecule has 0 bridgehead atoms. The van der Waals surface area contributed by atoms with E-state index in [1.165, 1.54) is 0 Å². The Morgan fingerprint density at radius 1 is 1.35 bits per heavy atom. The van der Waals surface area contributed by atoms with Gasteiger partial charge in [0.1, 0.15) is 0 Å². The molecule has 4 nitrogen and oxygen atoms in total. The van der Waals surface area contributed by atoms with Gasteiger partial charge in [0.05, 0.1) is 5.60 Å². The minimum Gasteiger partial charge on any atom is -0.324 e. The zero-order valence-electron chi connectivity index (χ0n) is 10.6. The number of nitrogens with one attached hydrogen (secondary N) is 1. The second kappa shape index (κ2) is 5.80. The molecular formula is C13H20N2O2. The lowest BCUT2D eigenvalue weighted by molar-refractivity contribution is -0.145. The Morgan fingerprint density at radius 3 is 2.47 bits per heavy atom. The van der Waals surface area contributed by atoms with E-state index in [1.54, 1.807) is 0 Å². The zero-order chi connectivity index (χ0) is 12.9. The zero-order valence-corrected chi connectivity index (χ0v) is 10.6. The highest BCUT2D eigenvalue weighted by molar-refractivity contribution is 5.75. The van der Waals surface area contributed by atoms with E-state index in [2.05, 4.69) is 5.48 Å². The predicted molar refractivity (Wildman–Crippen MR) is 67.0 cm³/mol. The summed E-state index contributed by atoms with van der Waals surface area (Å²) in [6.07, 6.45) is 0.208. The van der Waals surface area contributed by atoms with Crippen molar-refractivity contribution in [3.63, 3.8) is 0 Å². The second-order valence-electron chi connectivity index (χ2n) is 4.96. The van der Waals surface area contributed by atoms with Gasteiger partial charge in [-0.05, 0) is 26.3 Å². The van der Waals surface area contributed by atoms with Crippen LogP contribution in [0.3, 0.4) is 0 Å². The highest BCUT2D eigenvalue weighted by atomic mass is 16.7. The lowest BCUT2D eigenvalue weighted by Gasteiger charge is -2.20. The van der Waals surface area contributed by atoms with Gasteiger partial charge in [-0.15, -0.1) is 0 Å². The van der Waals surface area contributed by atoms with Crippen LogP contribution in [0.25, 0.3) is 0 Å². The predicted octanol–water partition coefficient (Wildman–Crippen LogP) is 1.92. The topological polar surface area (TPSA) is 64.3 Å². The van der Waals surface area contributed by atoms with E-state index >= 15 is 0 Å². The third kappa shape index (κ3) is 5.47. The van der Waals surface area contributed by atoms with Crippen LogP contribution >= 0.6 is 0 Å². The number of hydrogen-bond acceptors (Lipinski definition) is 3. The molecule has 3 N–H and O–H groups in total. The van der Waals surface area contributed by atoms with E-state index in [9.17, 15) is 4.79 Å². The van der Waals surface area contributed by atoms with Crippen LogP contribution in [0.2, 0.25) is 0 Å². The van der Waals surface area contributed by atoms with Gasteiger partial charge in [0.25, 0.3) is 0 Å². The van der Waals surface area contributed by atoms with Crippen molar-refractivity contribution in [2.45, 2.75) is 38.8 Å². The summed E-state index contributed by atoms with van der Waals surface area (Å²) in [5.74, 6) is -0.212. The molecule has 0 aliphatic heterocycles. The minimum atomic E-state index is -0.396. The Morgan fingerprint density at radius 2 is 1.94 bits per heavy atom. The number of amides is 1. The van der Waals surface area contributed by atoms with Crippen molar-refractivity contribution >= 4 is 5.91 Å². The summed E-state index contributed by atoms with van der Waals surface area (Å²) in [5, 5.41) is 0. The lowest BCUT2D eigenvalue weighted by Crippen LogP contribution is -2.35. The second-order valence-corrected chi connectivity index (χ2v) is 4.96. The standard InChI is InChI=1S/C13H20N2O2/c1-13(2,3)17-15-12(16)9-11(14)10-7-5-4-6-8-10/h4-8,11H,9,14H2,1-3H3,(H,15,16). The normalized spacial score (nSPS) is 13.2. The molecule has 17 heavy (non-hydrogen) atoms. The summed E-state index contributed by atoms with van der Waals surface area (Å²) in [7, 11) is 0. The van der Waals surface area contributed by atoms with E-state index in [0.29, 0.717) is 0 Å². The molecule has 0 spiro atoms. The van der Waals surface area contributed by atoms with E-state index in [4.69, 9.17) is 10.6 Å². The number of carbonyl (C=O) groups excluding carboxylic acids is 1. The average Bonchev–Trinajstić information content (AvgIpc) is 2.27. The van der Waals surface area contributed by atoms with Gasteiger partial charge in [0.2, 0.25) is 5.91 Å². The van der Waals surface area contributed by atoms with Crippen LogP contribution in [-0.4, -0.2) is 11.5 Å². The van der Waals surface area contributed by atoms with Gasteiger partial charge in [0.15, 0.2) is 0 Å². The smallest absolute Gasteiger partial charge is 0.245 e. The van der Waals surface area contributed by atoms with E-state index in [1.807, 2.05) is 51.1 Å². The summed E-state index contributed by atoms with van der Waals surface area (Å²) in [4.78, 5) is 16.7. The molecule has 94 valence electrons. The maximum atomic E-state index is 11.6. The summed E-state index contributed by atoms with van der Waals surface area (Å²) < 4.78 is 0. The van der Waals surface area contributed by atoms with Crippen molar-refractivity contribution in [3.8, 4) is 0 Å². The summed E-state index contributed by atoms with van der Waals surface area (Å²) in [5.41, 5.74) is 8.87. The fourth-order valence-electron chi connectivity index (χ4n) is 1.27. The molecule has 1 aromatic carbocycles. The van der Waals surface area contributed by atoms with Crippen molar-refractivity contribution in [2.24, 2.45) is 5.73 Å². The van der Waals surface area contributed by atoms with Crippen molar-refractivity contribution in [2.75, 3.05) is 0 Å². The molecular weight excluding hydrogens is 216 g/mol. The summed E-state index contributed by atoms with van der Waals surface area (Å²) in [6.45, 7) is 5.60. The summed E-state index contributed by atoms with van der Waals surface area (Å²) >= 11 is 0. The fourth-order valence-corrected chi connectivity index (χ4v) is 1.27. The van der Waals surface area contributed by atoms with Crippen LogP contribution in [0.15, 0.2) is 30.3 Å². The molecule has 0 aliphatic rings. The van der Waals surface area contributed by atoms with Gasteiger partial charge in [-0.2, -0.15) is 0 Å². The van der Waals surface area contributed by atoms with Gasteiger partial charge in [-0.3, -0.25) is 9.63 Å². The number of carbonyl (C=O) groups is 1. The molecule has 0 aromatic heterocycles. The Kier molecular flexibility index (Phi) is 4.66. The monoisotopic (exact) mass is 236 g/mol. The van der Waals surface area contributed by atoms with Crippen LogP contribution in [0.1, 0.15) is 38.8 Å². The van der Waals surface area contributed by atoms with Crippen LogP contribution in [0.5, 0.6) is 0 Å². The molecule has 0 heterocycles. The Labute approximate surface area is 102 Å². The number of benzene rings is 1. The molecule has 0 saturated heterocycles. The van der Waals surface area contributed by atoms with Crippen molar-refractivity contribution in [1.29, 1.82) is 0 Å². The molecule has 1 rings (SSSR count). The van der Waals surface area contributed by atoms with Crippen LogP contribution in [0, 0.1) is 0 Å². The molecule has 1 atom stereocenters. The number of hydrogen-bond donors (Lipinski definition) is 2. The Hall–Kier alpha value is -1.39. The number of rotatable bonds is 4. The quantitative estimate of drug-likeness (QED) is 0.785. The highest BCUT2D eigenvalue weighted by Crippen LogP contribution is 2.13. The fraction of sp³-hybridized carbons (Fsp3) is 0.462. The highest BCUT2D eigenvalue weighted by Gasteiger charge is 2.15. The lowest BCUT2D eigenvalue weighted by atomic mass is 10.0. The first-order valence-corrected chi connectivity index (χ1v) is 5.66. The molecule has 1 unspecified atom stereocenters. The van der Waals surface area contributed by atoms with E-state index in [-0.39, 0.29) is 18.4 Å². The van der Waals surface area contributed by atoms with Gasteiger partial charge < -0.3 is 5.73 Å². The molecule has 0 saturated carbocycles. The minimum absolute atomic E-state index is 0.208. The molecule has 0 fully saturated rings. The first-order chi connectivity index (χ1) is 7.88. The Bertz CT molecular complexity index is 357. The first-order valence-electron chi connectivity index (χ1n) is 5.66. The molecule has 0 aliphatic carbocycles.